The zero-order chi connectivity index (χ0) is 26.0. The molecule has 0 N–H and O–H groups in total. The van der Waals surface area contributed by atoms with Gasteiger partial charge >= 0.3 is 0 Å². The molecule has 0 nitrogen and oxygen atoms in total. The smallest absolute Gasteiger partial charge is 0.0249 e. The minimum Gasteiger partial charge on any atom is -0.0654 e. The summed E-state index contributed by atoms with van der Waals surface area (Å²) in [4.78, 5) is 0. The lowest BCUT2D eigenvalue weighted by Crippen LogP contribution is -1.87. The van der Waals surface area contributed by atoms with Crippen LogP contribution in [0.15, 0.2) is 72.8 Å². The molecule has 3 aromatic rings. The Bertz CT molecular complexity index is 1140. The molecule has 0 aliphatic heterocycles. The maximum Gasteiger partial charge on any atom is 0.0249 e. The molecule has 0 atom stereocenters. The third-order valence-corrected chi connectivity index (χ3v) is 6.88. The second kappa shape index (κ2) is 17.3. The number of hydrogen-bond donors (Lipinski definition) is 0. The van der Waals surface area contributed by atoms with Gasteiger partial charge in [0.15, 0.2) is 0 Å². The second-order valence-electron chi connectivity index (χ2n) is 10.2. The van der Waals surface area contributed by atoms with Crippen molar-refractivity contribution in [3.8, 4) is 23.7 Å². The van der Waals surface area contributed by atoms with E-state index >= 15 is 0 Å². The molecule has 0 spiro atoms. The highest BCUT2D eigenvalue weighted by Gasteiger charge is 1.97. The van der Waals surface area contributed by atoms with Crippen molar-refractivity contribution >= 4 is 0 Å². The SMILES string of the molecule is CCCCCCCCCCc1ccc(C#Cc2ccc(C#Cc3ccc(CCCCC)cc3)cc2)cc1. The quantitative estimate of drug-likeness (QED) is 0.166. The molecule has 0 aromatic heterocycles. The van der Waals surface area contributed by atoms with Crippen molar-refractivity contribution < 1.29 is 0 Å². The first-order chi connectivity index (χ1) is 18.3. The van der Waals surface area contributed by atoms with Crippen LogP contribution < -0.4 is 0 Å². The zero-order valence-electron chi connectivity index (χ0n) is 23.1. The van der Waals surface area contributed by atoms with Gasteiger partial charge in [0.05, 0.1) is 0 Å². The molecular formula is C37H44. The number of rotatable bonds is 13. The average Bonchev–Trinajstić information content (AvgIpc) is 2.94. The Kier molecular flexibility index (Phi) is 13.2. The van der Waals surface area contributed by atoms with Crippen LogP contribution in [0.1, 0.15) is 118 Å². The molecular weight excluding hydrogens is 444 g/mol. The normalized spacial score (nSPS) is 10.3. The summed E-state index contributed by atoms with van der Waals surface area (Å²) in [7, 11) is 0. The summed E-state index contributed by atoms with van der Waals surface area (Å²) in [5.41, 5.74) is 6.99. The predicted molar refractivity (Wildman–Crippen MR) is 161 cm³/mol. The Balaban J connectivity index is 1.42. The largest absolute Gasteiger partial charge is 0.0654 e. The average molecular weight is 489 g/mol. The van der Waals surface area contributed by atoms with Crippen LogP contribution >= 0.6 is 0 Å². The summed E-state index contributed by atoms with van der Waals surface area (Å²) in [6.07, 6.45) is 17.1. The van der Waals surface area contributed by atoms with Crippen molar-refractivity contribution in [1.82, 2.24) is 0 Å². The zero-order valence-corrected chi connectivity index (χ0v) is 23.1. The van der Waals surface area contributed by atoms with Crippen molar-refractivity contribution in [1.29, 1.82) is 0 Å². The van der Waals surface area contributed by atoms with Gasteiger partial charge in [-0.05, 0) is 85.3 Å². The molecule has 0 heterocycles. The molecule has 0 radical (unpaired) electrons. The maximum absolute atomic E-state index is 3.30. The van der Waals surface area contributed by atoms with Gasteiger partial charge in [0.25, 0.3) is 0 Å². The third-order valence-electron chi connectivity index (χ3n) is 6.88. The van der Waals surface area contributed by atoms with E-state index in [-0.39, 0.29) is 0 Å². The highest BCUT2D eigenvalue weighted by Crippen LogP contribution is 2.13. The van der Waals surface area contributed by atoms with Gasteiger partial charge in [0, 0.05) is 22.3 Å². The van der Waals surface area contributed by atoms with Crippen LogP contribution in [0.3, 0.4) is 0 Å². The topological polar surface area (TPSA) is 0 Å². The van der Waals surface area contributed by atoms with Gasteiger partial charge in [-0.25, -0.2) is 0 Å². The monoisotopic (exact) mass is 488 g/mol. The van der Waals surface area contributed by atoms with Crippen LogP contribution in [-0.4, -0.2) is 0 Å². The van der Waals surface area contributed by atoms with Crippen LogP contribution in [0.5, 0.6) is 0 Å². The number of benzene rings is 3. The minimum absolute atomic E-state index is 1.02. The Morgan fingerprint density at radius 3 is 1.00 bits per heavy atom. The van der Waals surface area contributed by atoms with E-state index in [0.29, 0.717) is 0 Å². The summed E-state index contributed by atoms with van der Waals surface area (Å²) in [5.74, 6) is 13.2. The molecule has 0 heteroatoms. The first-order valence-electron chi connectivity index (χ1n) is 14.6. The van der Waals surface area contributed by atoms with Crippen molar-refractivity contribution in [2.45, 2.75) is 97.3 Å². The lowest BCUT2D eigenvalue weighted by molar-refractivity contribution is 0.575. The van der Waals surface area contributed by atoms with Gasteiger partial charge in [-0.15, -0.1) is 0 Å². The fourth-order valence-electron chi connectivity index (χ4n) is 4.48. The Morgan fingerprint density at radius 1 is 0.351 bits per heavy atom. The number of hydrogen-bond acceptors (Lipinski definition) is 0. The summed E-state index contributed by atoms with van der Waals surface area (Å²) < 4.78 is 0. The Labute approximate surface area is 226 Å². The molecule has 0 aliphatic carbocycles. The third kappa shape index (κ3) is 11.6. The van der Waals surface area contributed by atoms with E-state index in [2.05, 4.69) is 110 Å². The first-order valence-corrected chi connectivity index (χ1v) is 14.6. The van der Waals surface area contributed by atoms with E-state index in [1.54, 1.807) is 0 Å². The van der Waals surface area contributed by atoms with E-state index in [1.165, 1.54) is 88.2 Å². The van der Waals surface area contributed by atoms with E-state index in [4.69, 9.17) is 0 Å². The van der Waals surface area contributed by atoms with Gasteiger partial charge in [0.2, 0.25) is 0 Å². The molecule has 0 unspecified atom stereocenters. The molecule has 192 valence electrons. The molecule has 0 saturated carbocycles. The fraction of sp³-hybridized carbons (Fsp3) is 0.405. The molecule has 3 rings (SSSR count). The predicted octanol–water partition coefficient (Wildman–Crippen LogP) is 9.90. The van der Waals surface area contributed by atoms with Crippen molar-refractivity contribution in [2.75, 3.05) is 0 Å². The van der Waals surface area contributed by atoms with Gasteiger partial charge in [-0.2, -0.15) is 0 Å². The minimum atomic E-state index is 1.02. The van der Waals surface area contributed by atoms with Crippen LogP contribution in [-0.2, 0) is 12.8 Å². The second-order valence-corrected chi connectivity index (χ2v) is 10.2. The summed E-state index contributed by atoms with van der Waals surface area (Å²) >= 11 is 0. The van der Waals surface area contributed by atoms with Crippen molar-refractivity contribution in [2.24, 2.45) is 0 Å². The molecule has 0 fully saturated rings. The van der Waals surface area contributed by atoms with E-state index in [1.807, 2.05) is 0 Å². The molecule has 0 aliphatic rings. The van der Waals surface area contributed by atoms with E-state index in [0.717, 1.165) is 28.7 Å². The van der Waals surface area contributed by atoms with Gasteiger partial charge < -0.3 is 0 Å². The maximum atomic E-state index is 3.30. The number of aryl methyl sites for hydroxylation is 2. The fourth-order valence-corrected chi connectivity index (χ4v) is 4.48. The lowest BCUT2D eigenvalue weighted by Gasteiger charge is -2.03. The Morgan fingerprint density at radius 2 is 0.622 bits per heavy atom. The molecule has 3 aromatic carbocycles. The molecule has 0 amide bonds. The molecule has 37 heavy (non-hydrogen) atoms. The highest BCUT2D eigenvalue weighted by atomic mass is 14.0. The van der Waals surface area contributed by atoms with Crippen LogP contribution in [0, 0.1) is 23.7 Å². The summed E-state index contributed by atoms with van der Waals surface area (Å²) in [6.45, 7) is 4.52. The van der Waals surface area contributed by atoms with Crippen molar-refractivity contribution in [3.05, 3.63) is 106 Å². The summed E-state index contributed by atoms with van der Waals surface area (Å²) in [6, 6.07) is 25.7. The Hall–Kier alpha value is -3.22. The van der Waals surface area contributed by atoms with Gasteiger partial charge in [0.1, 0.15) is 0 Å². The van der Waals surface area contributed by atoms with Crippen molar-refractivity contribution in [3.63, 3.8) is 0 Å². The molecule has 0 bridgehead atoms. The van der Waals surface area contributed by atoms with Crippen LogP contribution in [0.25, 0.3) is 0 Å². The van der Waals surface area contributed by atoms with Crippen LogP contribution in [0.2, 0.25) is 0 Å². The highest BCUT2D eigenvalue weighted by molar-refractivity contribution is 5.48. The number of unbranched alkanes of at least 4 members (excludes halogenated alkanes) is 9. The first kappa shape index (κ1) is 28.4. The van der Waals surface area contributed by atoms with E-state index < -0.39 is 0 Å². The standard InChI is InChI=1S/C37H44/c1-3-5-7-8-9-10-11-13-15-33-18-22-35(23-19-33)25-27-37-30-28-36(29-31-37)26-24-34-20-16-32(17-21-34)14-12-6-4-2/h16-23,28-31H,3-15H2,1-2H3. The van der Waals surface area contributed by atoms with E-state index in [9.17, 15) is 0 Å². The summed E-state index contributed by atoms with van der Waals surface area (Å²) in [5, 5.41) is 0. The van der Waals surface area contributed by atoms with Crippen LogP contribution in [0.4, 0.5) is 0 Å². The van der Waals surface area contributed by atoms with Gasteiger partial charge in [-0.3, -0.25) is 0 Å². The van der Waals surface area contributed by atoms with Gasteiger partial charge in [-0.1, -0.05) is 120 Å². The molecule has 0 saturated heterocycles. The lowest BCUT2D eigenvalue weighted by atomic mass is 10.0.